The molecule has 1 aromatic rings. The number of carboxylic acids is 1. The van der Waals surface area contributed by atoms with Crippen LogP contribution in [0.4, 0.5) is 13.2 Å². The van der Waals surface area contributed by atoms with E-state index < -0.39 is 23.1 Å². The number of halogens is 3. The third kappa shape index (κ3) is 2.19. The van der Waals surface area contributed by atoms with Crippen molar-refractivity contribution in [1.82, 2.24) is 4.98 Å². The van der Waals surface area contributed by atoms with Crippen molar-refractivity contribution in [2.24, 2.45) is 0 Å². The summed E-state index contributed by atoms with van der Waals surface area (Å²) in [5, 5.41) is 8.87. The molecule has 0 radical (unpaired) electrons. The summed E-state index contributed by atoms with van der Waals surface area (Å²) >= 11 is 0. The van der Waals surface area contributed by atoms with E-state index in [4.69, 9.17) is 5.11 Å². The Morgan fingerprint density at radius 2 is 2.11 bits per heavy atom. The summed E-state index contributed by atoms with van der Waals surface area (Å²) in [6.45, 7) is 0. The number of nitrogens with zero attached hydrogens (tertiary/aromatic N) is 1. The third-order valence-electron chi connectivity index (χ3n) is 3.50. The van der Waals surface area contributed by atoms with Crippen LogP contribution < -0.4 is 0 Å². The standard InChI is InChI=1S/C12H12F3NO2/c13-12(14,15)9-7-16-5-2-8(9)11(3-1-4-11)6-10(17)18/h2,5,7H,1,3-4,6H2,(H,17,18). The van der Waals surface area contributed by atoms with Crippen molar-refractivity contribution in [2.45, 2.75) is 37.3 Å². The highest BCUT2D eigenvalue weighted by Crippen LogP contribution is 2.49. The number of carbonyl (C=O) groups is 1. The summed E-state index contributed by atoms with van der Waals surface area (Å²) in [7, 11) is 0. The molecule has 0 aromatic carbocycles. The molecule has 0 atom stereocenters. The SMILES string of the molecule is O=C(O)CC1(c2ccncc2C(F)(F)F)CCC1. The molecule has 0 unspecified atom stereocenters. The first-order chi connectivity index (χ1) is 8.35. The molecule has 0 spiro atoms. The minimum absolute atomic E-state index is 0.0682. The smallest absolute Gasteiger partial charge is 0.418 e. The largest absolute Gasteiger partial charge is 0.481 e. The fraction of sp³-hybridized carbons (Fsp3) is 0.500. The number of hydrogen-bond acceptors (Lipinski definition) is 2. The Hall–Kier alpha value is -1.59. The van der Waals surface area contributed by atoms with Crippen molar-refractivity contribution in [3.05, 3.63) is 29.6 Å². The van der Waals surface area contributed by atoms with Crippen LogP contribution in [0.5, 0.6) is 0 Å². The van der Waals surface area contributed by atoms with Crippen molar-refractivity contribution >= 4 is 5.97 Å². The predicted octanol–water partition coefficient (Wildman–Crippen LogP) is 3.00. The first-order valence-electron chi connectivity index (χ1n) is 5.59. The molecule has 1 heterocycles. The fourth-order valence-electron chi connectivity index (χ4n) is 2.52. The van der Waals surface area contributed by atoms with Crippen LogP contribution in [0.1, 0.15) is 36.8 Å². The zero-order valence-electron chi connectivity index (χ0n) is 9.50. The number of rotatable bonds is 3. The summed E-state index contributed by atoms with van der Waals surface area (Å²) in [6.07, 6.45) is -0.986. The third-order valence-corrected chi connectivity index (χ3v) is 3.50. The van der Waals surface area contributed by atoms with Gasteiger partial charge in [-0.05, 0) is 24.5 Å². The maximum Gasteiger partial charge on any atom is 0.418 e. The Balaban J connectivity index is 2.46. The van der Waals surface area contributed by atoms with Gasteiger partial charge in [0.15, 0.2) is 0 Å². The second-order valence-electron chi connectivity index (χ2n) is 4.62. The molecule has 0 saturated heterocycles. The minimum atomic E-state index is -4.50. The zero-order chi connectivity index (χ0) is 13.4. The van der Waals surface area contributed by atoms with Crippen LogP contribution >= 0.6 is 0 Å². The van der Waals surface area contributed by atoms with Gasteiger partial charge in [-0.1, -0.05) is 6.42 Å². The minimum Gasteiger partial charge on any atom is -0.481 e. The van der Waals surface area contributed by atoms with Crippen molar-refractivity contribution in [2.75, 3.05) is 0 Å². The topological polar surface area (TPSA) is 50.2 Å². The summed E-state index contributed by atoms with van der Waals surface area (Å²) in [5.41, 5.74) is -1.62. The van der Waals surface area contributed by atoms with Crippen LogP contribution in [0.25, 0.3) is 0 Å². The second kappa shape index (κ2) is 4.26. The predicted molar refractivity (Wildman–Crippen MR) is 57.0 cm³/mol. The Labute approximate surface area is 102 Å². The van der Waals surface area contributed by atoms with Gasteiger partial charge < -0.3 is 5.11 Å². The number of pyridine rings is 1. The van der Waals surface area contributed by atoms with Crippen LogP contribution in [0, 0.1) is 0 Å². The van der Waals surface area contributed by atoms with E-state index in [0.29, 0.717) is 12.8 Å². The second-order valence-corrected chi connectivity index (χ2v) is 4.62. The molecule has 1 aromatic heterocycles. The van der Waals surface area contributed by atoms with Crippen molar-refractivity contribution in [3.8, 4) is 0 Å². The summed E-state index contributed by atoms with van der Waals surface area (Å²) in [6, 6.07) is 1.30. The van der Waals surface area contributed by atoms with Crippen molar-refractivity contribution in [3.63, 3.8) is 0 Å². The maximum atomic E-state index is 12.9. The van der Waals surface area contributed by atoms with Crippen LogP contribution in [0.15, 0.2) is 18.5 Å². The van der Waals surface area contributed by atoms with Gasteiger partial charge in [-0.15, -0.1) is 0 Å². The van der Waals surface area contributed by atoms with Crippen molar-refractivity contribution < 1.29 is 23.1 Å². The highest BCUT2D eigenvalue weighted by atomic mass is 19.4. The highest BCUT2D eigenvalue weighted by molar-refractivity contribution is 5.69. The molecule has 1 N–H and O–H groups in total. The summed E-state index contributed by atoms with van der Waals surface area (Å²) in [5.74, 6) is -1.07. The average molecular weight is 259 g/mol. The number of hydrogen-bond donors (Lipinski definition) is 1. The molecule has 0 amide bonds. The van der Waals surface area contributed by atoms with Gasteiger partial charge in [0, 0.05) is 17.8 Å². The molecule has 0 aliphatic heterocycles. The van der Waals surface area contributed by atoms with Gasteiger partial charge in [-0.2, -0.15) is 13.2 Å². The molecule has 18 heavy (non-hydrogen) atoms. The van der Waals surface area contributed by atoms with Crippen LogP contribution in [0.3, 0.4) is 0 Å². The van der Waals surface area contributed by atoms with Gasteiger partial charge in [-0.3, -0.25) is 9.78 Å². The van der Waals surface area contributed by atoms with Gasteiger partial charge in [0.2, 0.25) is 0 Å². The summed E-state index contributed by atoms with van der Waals surface area (Å²) < 4.78 is 38.7. The van der Waals surface area contributed by atoms with Gasteiger partial charge in [0.05, 0.1) is 12.0 Å². The summed E-state index contributed by atoms with van der Waals surface area (Å²) in [4.78, 5) is 14.3. The molecule has 0 bridgehead atoms. The highest BCUT2D eigenvalue weighted by Gasteiger charge is 2.46. The molecule has 1 aliphatic rings. The lowest BCUT2D eigenvalue weighted by Gasteiger charge is -2.42. The first-order valence-corrected chi connectivity index (χ1v) is 5.59. The number of carboxylic acid groups (broad SMARTS) is 1. The van der Waals surface area contributed by atoms with E-state index in [1.807, 2.05) is 0 Å². The van der Waals surface area contributed by atoms with Gasteiger partial charge >= 0.3 is 12.1 Å². The monoisotopic (exact) mass is 259 g/mol. The van der Waals surface area contributed by atoms with Gasteiger partial charge in [0.25, 0.3) is 0 Å². The molecule has 1 aliphatic carbocycles. The van der Waals surface area contributed by atoms with E-state index in [1.165, 1.54) is 12.3 Å². The van der Waals surface area contributed by atoms with E-state index in [1.54, 1.807) is 0 Å². The van der Waals surface area contributed by atoms with E-state index in [-0.39, 0.29) is 12.0 Å². The Bertz CT molecular complexity index is 467. The Kier molecular flexibility index (Phi) is 3.04. The lowest BCUT2D eigenvalue weighted by atomic mass is 9.61. The quantitative estimate of drug-likeness (QED) is 0.907. The lowest BCUT2D eigenvalue weighted by molar-refractivity contribution is -0.143. The molecular weight excluding hydrogens is 247 g/mol. The molecule has 2 rings (SSSR count). The van der Waals surface area contributed by atoms with Crippen LogP contribution in [-0.2, 0) is 16.4 Å². The first kappa shape index (κ1) is 12.9. The zero-order valence-corrected chi connectivity index (χ0v) is 9.50. The molecule has 98 valence electrons. The molecule has 3 nitrogen and oxygen atoms in total. The molecule has 1 saturated carbocycles. The van der Waals surface area contributed by atoms with E-state index in [9.17, 15) is 18.0 Å². The number of aromatic nitrogens is 1. The number of alkyl halides is 3. The lowest BCUT2D eigenvalue weighted by Crippen LogP contribution is -2.38. The van der Waals surface area contributed by atoms with E-state index in [2.05, 4.69) is 4.98 Å². The fourth-order valence-corrected chi connectivity index (χ4v) is 2.52. The van der Waals surface area contributed by atoms with Gasteiger partial charge in [0.1, 0.15) is 0 Å². The molecular formula is C12H12F3NO2. The normalized spacial score (nSPS) is 18.2. The Morgan fingerprint density at radius 3 is 2.56 bits per heavy atom. The molecule has 1 fully saturated rings. The average Bonchev–Trinajstić information content (AvgIpc) is 2.22. The van der Waals surface area contributed by atoms with Crippen LogP contribution in [-0.4, -0.2) is 16.1 Å². The van der Waals surface area contributed by atoms with E-state index >= 15 is 0 Å². The number of aliphatic carboxylic acids is 1. The molecule has 6 heteroatoms. The van der Waals surface area contributed by atoms with Crippen molar-refractivity contribution in [1.29, 1.82) is 0 Å². The Morgan fingerprint density at radius 1 is 1.44 bits per heavy atom. The maximum absolute atomic E-state index is 12.9. The van der Waals surface area contributed by atoms with E-state index in [0.717, 1.165) is 12.6 Å². The van der Waals surface area contributed by atoms with Gasteiger partial charge in [-0.25, -0.2) is 0 Å². The van der Waals surface area contributed by atoms with Crippen LogP contribution in [0.2, 0.25) is 0 Å².